The summed E-state index contributed by atoms with van der Waals surface area (Å²) in [7, 11) is 0. The van der Waals surface area contributed by atoms with Crippen LogP contribution in [0.2, 0.25) is 5.02 Å². The minimum atomic E-state index is -0.464. The van der Waals surface area contributed by atoms with Gasteiger partial charge in [-0.05, 0) is 12.1 Å². The van der Waals surface area contributed by atoms with Gasteiger partial charge < -0.3 is 4.52 Å². The Labute approximate surface area is 78.1 Å². The maximum Gasteiger partial charge on any atom is 0.214 e. The summed E-state index contributed by atoms with van der Waals surface area (Å²) < 4.78 is 17.7. The molecule has 0 aliphatic heterocycles. The molecule has 0 amide bonds. The summed E-state index contributed by atoms with van der Waals surface area (Å²) in [5, 5.41) is 3.76. The molecule has 0 saturated heterocycles. The lowest BCUT2D eigenvalue weighted by Gasteiger charge is -1.98. The van der Waals surface area contributed by atoms with E-state index in [4.69, 9.17) is 11.6 Å². The van der Waals surface area contributed by atoms with E-state index in [-0.39, 0.29) is 16.4 Å². The van der Waals surface area contributed by atoms with Crippen LogP contribution in [0.4, 0.5) is 4.39 Å². The fraction of sp³-hybridized carbons (Fsp3) is 0. The van der Waals surface area contributed by atoms with Gasteiger partial charge in [0.2, 0.25) is 12.2 Å². The second-order valence-electron chi connectivity index (χ2n) is 2.35. The lowest BCUT2D eigenvalue weighted by atomic mass is 10.2. The highest BCUT2D eigenvalue weighted by molar-refractivity contribution is 6.33. The van der Waals surface area contributed by atoms with Crippen LogP contribution >= 0.6 is 11.6 Å². The van der Waals surface area contributed by atoms with E-state index in [0.717, 1.165) is 6.39 Å². The highest BCUT2D eigenvalue weighted by Crippen LogP contribution is 2.27. The quantitative estimate of drug-likeness (QED) is 0.707. The normalized spacial score (nSPS) is 10.3. The second-order valence-corrected chi connectivity index (χ2v) is 2.76. The third kappa shape index (κ3) is 1.40. The molecule has 0 bridgehead atoms. The minimum absolute atomic E-state index is 0.156. The molecule has 1 heterocycles. The van der Waals surface area contributed by atoms with Gasteiger partial charge in [0.05, 0.1) is 10.6 Å². The van der Waals surface area contributed by atoms with E-state index in [1.165, 1.54) is 12.1 Å². The Morgan fingerprint density at radius 2 is 2.23 bits per heavy atom. The predicted molar refractivity (Wildman–Crippen MR) is 44.7 cm³/mol. The predicted octanol–water partition coefficient (Wildman–Crippen LogP) is 2.53. The fourth-order valence-electron chi connectivity index (χ4n) is 0.992. The Balaban J connectivity index is 2.64. The van der Waals surface area contributed by atoms with E-state index in [1.54, 1.807) is 6.07 Å². The van der Waals surface area contributed by atoms with E-state index in [9.17, 15) is 4.39 Å². The van der Waals surface area contributed by atoms with E-state index >= 15 is 0 Å². The first-order chi connectivity index (χ1) is 6.29. The van der Waals surface area contributed by atoms with E-state index in [0.29, 0.717) is 0 Å². The van der Waals surface area contributed by atoms with E-state index in [1.807, 2.05) is 0 Å². The summed E-state index contributed by atoms with van der Waals surface area (Å²) in [4.78, 5) is 3.71. The fourth-order valence-corrected chi connectivity index (χ4v) is 1.24. The van der Waals surface area contributed by atoms with Crippen molar-refractivity contribution in [2.45, 2.75) is 0 Å². The lowest BCUT2D eigenvalue weighted by Crippen LogP contribution is -1.87. The van der Waals surface area contributed by atoms with Crippen LogP contribution in [0.5, 0.6) is 0 Å². The molecule has 0 spiro atoms. The Kier molecular flexibility index (Phi) is 1.98. The van der Waals surface area contributed by atoms with Crippen LogP contribution < -0.4 is 0 Å². The molecule has 0 radical (unpaired) electrons. The molecule has 0 fully saturated rings. The Morgan fingerprint density at radius 3 is 2.85 bits per heavy atom. The molecule has 66 valence electrons. The minimum Gasteiger partial charge on any atom is -0.342 e. The van der Waals surface area contributed by atoms with Crippen molar-refractivity contribution in [1.29, 1.82) is 0 Å². The number of hydrogen-bond acceptors (Lipinski definition) is 3. The number of aromatic nitrogens is 2. The molecule has 0 saturated carbocycles. The van der Waals surface area contributed by atoms with Gasteiger partial charge in [-0.1, -0.05) is 22.8 Å². The third-order valence-electron chi connectivity index (χ3n) is 1.55. The highest BCUT2D eigenvalue weighted by Gasteiger charge is 2.12. The first-order valence-corrected chi connectivity index (χ1v) is 3.87. The largest absolute Gasteiger partial charge is 0.342 e. The Morgan fingerprint density at radius 1 is 1.38 bits per heavy atom. The molecule has 0 atom stereocenters. The summed E-state index contributed by atoms with van der Waals surface area (Å²) in [6.07, 6.45) is 1.12. The van der Waals surface area contributed by atoms with Crippen LogP contribution in [0.1, 0.15) is 0 Å². The standard InChI is InChI=1S/C8H4ClFN2O/c9-5-2-1-3-6(10)7(5)8-11-4-13-12-8/h1-4H. The van der Waals surface area contributed by atoms with Crippen LogP contribution in [-0.4, -0.2) is 10.1 Å². The third-order valence-corrected chi connectivity index (χ3v) is 1.86. The van der Waals surface area contributed by atoms with Gasteiger partial charge in [0.15, 0.2) is 0 Å². The van der Waals surface area contributed by atoms with Crippen molar-refractivity contribution in [3.8, 4) is 11.4 Å². The number of benzene rings is 1. The highest BCUT2D eigenvalue weighted by atomic mass is 35.5. The molecule has 5 heteroatoms. The van der Waals surface area contributed by atoms with Gasteiger partial charge in [-0.25, -0.2) is 4.39 Å². The average Bonchev–Trinajstić information content (AvgIpc) is 2.57. The molecule has 2 rings (SSSR count). The lowest BCUT2D eigenvalue weighted by molar-refractivity contribution is 0.418. The van der Waals surface area contributed by atoms with Crippen molar-refractivity contribution in [3.63, 3.8) is 0 Å². The summed E-state index contributed by atoms with van der Waals surface area (Å²) in [5.41, 5.74) is 0.165. The van der Waals surface area contributed by atoms with Crippen LogP contribution in [-0.2, 0) is 0 Å². The van der Waals surface area contributed by atoms with Crippen LogP contribution in [0, 0.1) is 5.82 Å². The van der Waals surface area contributed by atoms with Crippen LogP contribution in [0.25, 0.3) is 11.4 Å². The molecular weight excluding hydrogens is 195 g/mol. The van der Waals surface area contributed by atoms with Crippen molar-refractivity contribution in [2.75, 3.05) is 0 Å². The van der Waals surface area contributed by atoms with Gasteiger partial charge in [0, 0.05) is 0 Å². The van der Waals surface area contributed by atoms with Gasteiger partial charge in [-0.15, -0.1) is 0 Å². The molecule has 1 aromatic heterocycles. The van der Waals surface area contributed by atoms with Gasteiger partial charge in [0.1, 0.15) is 5.82 Å². The van der Waals surface area contributed by atoms with E-state index in [2.05, 4.69) is 14.7 Å². The molecule has 0 aliphatic rings. The first-order valence-electron chi connectivity index (χ1n) is 3.50. The van der Waals surface area contributed by atoms with Crippen molar-refractivity contribution in [2.24, 2.45) is 0 Å². The molecule has 1 aromatic carbocycles. The van der Waals surface area contributed by atoms with Crippen molar-refractivity contribution in [3.05, 3.63) is 35.4 Å². The molecule has 3 nitrogen and oxygen atoms in total. The molecule has 0 unspecified atom stereocenters. The monoisotopic (exact) mass is 198 g/mol. The summed E-state index contributed by atoms with van der Waals surface area (Å²) in [6.45, 7) is 0. The summed E-state index contributed by atoms with van der Waals surface area (Å²) >= 11 is 5.76. The first kappa shape index (κ1) is 8.19. The van der Waals surface area contributed by atoms with Crippen molar-refractivity contribution in [1.82, 2.24) is 10.1 Å². The van der Waals surface area contributed by atoms with Gasteiger partial charge in [-0.3, -0.25) is 0 Å². The van der Waals surface area contributed by atoms with Crippen LogP contribution in [0.15, 0.2) is 29.1 Å². The second kappa shape index (κ2) is 3.14. The van der Waals surface area contributed by atoms with E-state index < -0.39 is 5.82 Å². The zero-order valence-corrected chi connectivity index (χ0v) is 7.12. The SMILES string of the molecule is Fc1cccc(Cl)c1-c1ncon1. The molecule has 2 aromatic rings. The maximum absolute atomic E-state index is 13.2. The van der Waals surface area contributed by atoms with Gasteiger partial charge in [-0.2, -0.15) is 4.98 Å². The summed E-state index contributed by atoms with van der Waals surface area (Å²) in [5.74, 6) is -0.308. The Bertz CT molecular complexity index is 396. The number of hydrogen-bond donors (Lipinski definition) is 0. The number of halogens is 2. The van der Waals surface area contributed by atoms with Crippen molar-refractivity contribution >= 4 is 11.6 Å². The zero-order valence-electron chi connectivity index (χ0n) is 6.37. The van der Waals surface area contributed by atoms with Crippen molar-refractivity contribution < 1.29 is 8.91 Å². The zero-order chi connectivity index (χ0) is 9.26. The average molecular weight is 199 g/mol. The molecule has 0 aliphatic carbocycles. The summed E-state index contributed by atoms with van der Waals surface area (Å²) in [6, 6.07) is 4.37. The Hall–Kier alpha value is -1.42. The smallest absolute Gasteiger partial charge is 0.214 e. The maximum atomic E-state index is 13.2. The molecule has 0 N–H and O–H groups in total. The van der Waals surface area contributed by atoms with Crippen LogP contribution in [0.3, 0.4) is 0 Å². The van der Waals surface area contributed by atoms with Gasteiger partial charge >= 0.3 is 0 Å². The molecular formula is C8H4ClFN2O. The number of rotatable bonds is 1. The van der Waals surface area contributed by atoms with Gasteiger partial charge in [0.25, 0.3) is 0 Å². The topological polar surface area (TPSA) is 38.9 Å². The molecule has 13 heavy (non-hydrogen) atoms. The number of nitrogens with zero attached hydrogens (tertiary/aromatic N) is 2.